The lowest BCUT2D eigenvalue weighted by Gasteiger charge is -1.94. The van der Waals surface area contributed by atoms with Crippen molar-refractivity contribution in [3.05, 3.63) is 29.3 Å². The molecule has 0 aromatic carbocycles. The van der Waals surface area contributed by atoms with Gasteiger partial charge in [-0.05, 0) is 30.9 Å². The number of pyridine rings is 1. The Balaban J connectivity index is 2.52. The molecule has 10 heavy (non-hydrogen) atoms. The van der Waals surface area contributed by atoms with E-state index in [2.05, 4.69) is 4.98 Å². The monoisotopic (exact) mass is 137 g/mol. The van der Waals surface area contributed by atoms with Crippen molar-refractivity contribution in [1.82, 2.24) is 4.98 Å². The van der Waals surface area contributed by atoms with E-state index < -0.39 is 0 Å². The van der Waals surface area contributed by atoms with Gasteiger partial charge in [0.25, 0.3) is 0 Å². The maximum absolute atomic E-state index is 12.5. The van der Waals surface area contributed by atoms with Crippen LogP contribution in [0.1, 0.15) is 17.7 Å². The molecule has 1 aromatic heterocycles. The summed E-state index contributed by atoms with van der Waals surface area (Å²) in [6.45, 7) is 0. The fourth-order valence-corrected chi connectivity index (χ4v) is 1.40. The Kier molecular flexibility index (Phi) is 1.19. The molecule has 0 atom stereocenters. The molecule has 0 saturated heterocycles. The molecule has 1 aromatic rings. The molecule has 1 heterocycles. The Morgan fingerprint density at radius 3 is 3.20 bits per heavy atom. The van der Waals surface area contributed by atoms with Gasteiger partial charge < -0.3 is 0 Å². The van der Waals surface area contributed by atoms with E-state index in [1.54, 1.807) is 6.07 Å². The van der Waals surface area contributed by atoms with Gasteiger partial charge in [0, 0.05) is 5.69 Å². The van der Waals surface area contributed by atoms with Gasteiger partial charge in [0.05, 0.1) is 6.20 Å². The van der Waals surface area contributed by atoms with Crippen molar-refractivity contribution < 1.29 is 4.39 Å². The minimum Gasteiger partial charge on any atom is -0.258 e. The summed E-state index contributed by atoms with van der Waals surface area (Å²) in [5, 5.41) is 0. The van der Waals surface area contributed by atoms with Crippen LogP contribution < -0.4 is 0 Å². The van der Waals surface area contributed by atoms with Crippen molar-refractivity contribution in [2.75, 3.05) is 0 Å². The fraction of sp³-hybridized carbons (Fsp3) is 0.375. The number of aryl methyl sites for hydroxylation is 2. The van der Waals surface area contributed by atoms with Gasteiger partial charge in [-0.15, -0.1) is 0 Å². The SMILES string of the molecule is Fc1cnc2c(c1)CCC2. The molecular weight excluding hydrogens is 129 g/mol. The number of halogens is 1. The van der Waals surface area contributed by atoms with E-state index in [4.69, 9.17) is 0 Å². The van der Waals surface area contributed by atoms with Gasteiger partial charge in [0.1, 0.15) is 5.82 Å². The fourth-order valence-electron chi connectivity index (χ4n) is 1.40. The first-order chi connectivity index (χ1) is 4.86. The molecule has 0 fully saturated rings. The summed E-state index contributed by atoms with van der Waals surface area (Å²) in [5.41, 5.74) is 2.18. The summed E-state index contributed by atoms with van der Waals surface area (Å²) in [5.74, 6) is -0.208. The van der Waals surface area contributed by atoms with Crippen LogP contribution in [0, 0.1) is 5.82 Å². The Morgan fingerprint density at radius 1 is 1.40 bits per heavy atom. The van der Waals surface area contributed by atoms with Gasteiger partial charge in [-0.3, -0.25) is 4.98 Å². The predicted molar refractivity (Wildman–Crippen MR) is 36.2 cm³/mol. The van der Waals surface area contributed by atoms with Gasteiger partial charge in [0.15, 0.2) is 0 Å². The van der Waals surface area contributed by atoms with Crippen LogP contribution in [0.2, 0.25) is 0 Å². The molecule has 1 nitrogen and oxygen atoms in total. The quantitative estimate of drug-likeness (QED) is 0.530. The zero-order valence-electron chi connectivity index (χ0n) is 5.60. The Morgan fingerprint density at radius 2 is 2.30 bits per heavy atom. The zero-order chi connectivity index (χ0) is 6.97. The van der Waals surface area contributed by atoms with E-state index in [1.165, 1.54) is 6.20 Å². The number of hydrogen-bond acceptors (Lipinski definition) is 1. The summed E-state index contributed by atoms with van der Waals surface area (Å²) < 4.78 is 12.5. The van der Waals surface area contributed by atoms with Crippen LogP contribution in [-0.2, 0) is 12.8 Å². The molecular formula is C8H8FN. The Hall–Kier alpha value is -0.920. The first kappa shape index (κ1) is 5.83. The summed E-state index contributed by atoms with van der Waals surface area (Å²) in [4.78, 5) is 3.98. The van der Waals surface area contributed by atoms with E-state index in [9.17, 15) is 4.39 Å². The second-order valence-electron chi connectivity index (χ2n) is 2.61. The maximum Gasteiger partial charge on any atom is 0.141 e. The minimum absolute atomic E-state index is 0.208. The lowest BCUT2D eigenvalue weighted by atomic mass is 10.2. The second kappa shape index (κ2) is 2.04. The Bertz CT molecular complexity index is 257. The largest absolute Gasteiger partial charge is 0.258 e. The number of rotatable bonds is 0. The van der Waals surface area contributed by atoms with Crippen molar-refractivity contribution in [3.63, 3.8) is 0 Å². The van der Waals surface area contributed by atoms with Gasteiger partial charge >= 0.3 is 0 Å². The summed E-state index contributed by atoms with van der Waals surface area (Å²) >= 11 is 0. The normalized spacial score (nSPS) is 15.3. The van der Waals surface area contributed by atoms with Gasteiger partial charge in [-0.1, -0.05) is 0 Å². The van der Waals surface area contributed by atoms with E-state index in [-0.39, 0.29) is 5.82 Å². The molecule has 0 aliphatic heterocycles. The molecule has 0 N–H and O–H groups in total. The second-order valence-corrected chi connectivity index (χ2v) is 2.61. The maximum atomic E-state index is 12.5. The minimum atomic E-state index is -0.208. The topological polar surface area (TPSA) is 12.9 Å². The van der Waals surface area contributed by atoms with Crippen molar-refractivity contribution in [2.24, 2.45) is 0 Å². The standard InChI is InChI=1S/C8H8FN/c9-7-4-6-2-1-3-8(6)10-5-7/h4-5H,1-3H2. The average Bonchev–Trinajstić information content (AvgIpc) is 2.33. The Labute approximate surface area is 58.9 Å². The van der Waals surface area contributed by atoms with Gasteiger partial charge in [-0.2, -0.15) is 0 Å². The molecule has 0 spiro atoms. The van der Waals surface area contributed by atoms with Crippen LogP contribution in [0.15, 0.2) is 12.3 Å². The first-order valence-electron chi connectivity index (χ1n) is 3.49. The van der Waals surface area contributed by atoms with Crippen LogP contribution >= 0.6 is 0 Å². The molecule has 1 aliphatic carbocycles. The van der Waals surface area contributed by atoms with Crippen LogP contribution in [0.5, 0.6) is 0 Å². The number of fused-ring (bicyclic) bond motifs is 1. The number of nitrogens with zero attached hydrogens (tertiary/aromatic N) is 1. The lowest BCUT2D eigenvalue weighted by Crippen LogP contribution is -1.88. The van der Waals surface area contributed by atoms with E-state index in [0.29, 0.717) is 0 Å². The van der Waals surface area contributed by atoms with E-state index >= 15 is 0 Å². The third kappa shape index (κ3) is 0.801. The van der Waals surface area contributed by atoms with Crippen LogP contribution in [0.3, 0.4) is 0 Å². The highest BCUT2D eigenvalue weighted by molar-refractivity contribution is 5.24. The lowest BCUT2D eigenvalue weighted by molar-refractivity contribution is 0.618. The van der Waals surface area contributed by atoms with Crippen molar-refractivity contribution >= 4 is 0 Å². The molecule has 0 bridgehead atoms. The van der Waals surface area contributed by atoms with Crippen LogP contribution in [0.4, 0.5) is 4.39 Å². The highest BCUT2D eigenvalue weighted by atomic mass is 19.1. The van der Waals surface area contributed by atoms with Crippen LogP contribution in [-0.4, -0.2) is 4.98 Å². The molecule has 0 saturated carbocycles. The van der Waals surface area contributed by atoms with E-state index in [0.717, 1.165) is 30.5 Å². The third-order valence-electron chi connectivity index (χ3n) is 1.89. The third-order valence-corrected chi connectivity index (χ3v) is 1.89. The summed E-state index contributed by atoms with van der Waals surface area (Å²) in [6.07, 6.45) is 4.45. The summed E-state index contributed by atoms with van der Waals surface area (Å²) in [7, 11) is 0. The van der Waals surface area contributed by atoms with Crippen molar-refractivity contribution in [1.29, 1.82) is 0 Å². The number of aromatic nitrogens is 1. The predicted octanol–water partition coefficient (Wildman–Crippen LogP) is 1.71. The molecule has 52 valence electrons. The molecule has 0 unspecified atom stereocenters. The molecule has 1 aliphatic rings. The first-order valence-corrected chi connectivity index (χ1v) is 3.49. The van der Waals surface area contributed by atoms with Crippen molar-refractivity contribution in [2.45, 2.75) is 19.3 Å². The highest BCUT2D eigenvalue weighted by Crippen LogP contribution is 2.19. The molecule has 0 amide bonds. The van der Waals surface area contributed by atoms with Crippen LogP contribution in [0.25, 0.3) is 0 Å². The van der Waals surface area contributed by atoms with Crippen molar-refractivity contribution in [3.8, 4) is 0 Å². The zero-order valence-corrected chi connectivity index (χ0v) is 5.60. The molecule has 2 heteroatoms. The van der Waals surface area contributed by atoms with Gasteiger partial charge in [0.2, 0.25) is 0 Å². The average molecular weight is 137 g/mol. The van der Waals surface area contributed by atoms with Gasteiger partial charge in [-0.25, -0.2) is 4.39 Å². The number of hydrogen-bond donors (Lipinski definition) is 0. The molecule has 2 rings (SSSR count). The smallest absolute Gasteiger partial charge is 0.141 e. The summed E-state index contributed by atoms with van der Waals surface area (Å²) in [6, 6.07) is 1.59. The molecule has 0 radical (unpaired) electrons. The van der Waals surface area contributed by atoms with E-state index in [1.807, 2.05) is 0 Å². The highest BCUT2D eigenvalue weighted by Gasteiger charge is 2.11.